The van der Waals surface area contributed by atoms with Gasteiger partial charge < -0.3 is 9.64 Å². The minimum absolute atomic E-state index is 0.147. The largest absolute Gasteiger partial charge is 0.368 e. The van der Waals surface area contributed by atoms with Crippen molar-refractivity contribution in [3.8, 4) is 0 Å². The fourth-order valence-electron chi connectivity index (χ4n) is 2.64. The van der Waals surface area contributed by atoms with E-state index in [1.54, 1.807) is 0 Å². The fourth-order valence-corrected chi connectivity index (χ4v) is 2.64. The van der Waals surface area contributed by atoms with Crippen LogP contribution in [0.1, 0.15) is 26.7 Å². The molecule has 2 rings (SSSR count). The SMILES string of the molecule is CC(C)CN1CCN(C(=O)C2CCCO2)CC1. The van der Waals surface area contributed by atoms with Crippen molar-refractivity contribution in [3.63, 3.8) is 0 Å². The van der Waals surface area contributed by atoms with Crippen LogP contribution in [0, 0.1) is 5.92 Å². The molecule has 1 amide bonds. The first-order valence-electron chi connectivity index (χ1n) is 6.79. The third-order valence-electron chi connectivity index (χ3n) is 3.51. The predicted molar refractivity (Wildman–Crippen MR) is 66.8 cm³/mol. The Morgan fingerprint density at radius 3 is 2.53 bits per heavy atom. The summed E-state index contributed by atoms with van der Waals surface area (Å²) in [6.07, 6.45) is 1.79. The normalized spacial score (nSPS) is 26.8. The predicted octanol–water partition coefficient (Wildman–Crippen LogP) is 0.966. The van der Waals surface area contributed by atoms with E-state index in [9.17, 15) is 4.79 Å². The van der Waals surface area contributed by atoms with E-state index in [1.807, 2.05) is 4.90 Å². The van der Waals surface area contributed by atoms with Gasteiger partial charge in [0.2, 0.25) is 0 Å². The second kappa shape index (κ2) is 5.83. The Labute approximate surface area is 104 Å². The van der Waals surface area contributed by atoms with Crippen LogP contribution in [-0.4, -0.2) is 61.1 Å². The summed E-state index contributed by atoms with van der Waals surface area (Å²) in [6, 6.07) is 0. The van der Waals surface area contributed by atoms with Crippen LogP contribution >= 0.6 is 0 Å². The molecule has 2 aliphatic rings. The van der Waals surface area contributed by atoms with Crippen LogP contribution in [0.15, 0.2) is 0 Å². The molecular weight excluding hydrogens is 216 g/mol. The first-order chi connectivity index (χ1) is 8.16. The first kappa shape index (κ1) is 12.8. The molecular formula is C13H24N2O2. The molecule has 0 spiro atoms. The third-order valence-corrected chi connectivity index (χ3v) is 3.51. The fraction of sp³-hybridized carbons (Fsp3) is 0.923. The summed E-state index contributed by atoms with van der Waals surface area (Å²) in [4.78, 5) is 16.5. The summed E-state index contributed by atoms with van der Waals surface area (Å²) in [7, 11) is 0. The molecule has 2 heterocycles. The highest BCUT2D eigenvalue weighted by Crippen LogP contribution is 2.16. The molecule has 0 radical (unpaired) electrons. The van der Waals surface area contributed by atoms with E-state index in [-0.39, 0.29) is 12.0 Å². The number of hydrogen-bond donors (Lipinski definition) is 0. The maximum atomic E-state index is 12.1. The number of piperazine rings is 1. The summed E-state index contributed by atoms with van der Waals surface area (Å²) in [5, 5.41) is 0. The van der Waals surface area contributed by atoms with Crippen LogP contribution in [0.3, 0.4) is 0 Å². The molecule has 4 heteroatoms. The van der Waals surface area contributed by atoms with Crippen molar-refractivity contribution in [2.24, 2.45) is 5.92 Å². The molecule has 98 valence electrons. The van der Waals surface area contributed by atoms with Gasteiger partial charge in [0.1, 0.15) is 6.10 Å². The van der Waals surface area contributed by atoms with Crippen molar-refractivity contribution >= 4 is 5.91 Å². The highest BCUT2D eigenvalue weighted by Gasteiger charge is 2.30. The van der Waals surface area contributed by atoms with Crippen molar-refractivity contribution in [3.05, 3.63) is 0 Å². The minimum Gasteiger partial charge on any atom is -0.368 e. The van der Waals surface area contributed by atoms with Crippen molar-refractivity contribution < 1.29 is 9.53 Å². The molecule has 0 aromatic rings. The molecule has 0 bridgehead atoms. The van der Waals surface area contributed by atoms with E-state index < -0.39 is 0 Å². The third kappa shape index (κ3) is 3.42. The van der Waals surface area contributed by atoms with E-state index in [0.717, 1.165) is 52.2 Å². The Bertz CT molecular complexity index is 254. The molecule has 1 atom stereocenters. The Kier molecular flexibility index (Phi) is 4.40. The maximum Gasteiger partial charge on any atom is 0.251 e. The van der Waals surface area contributed by atoms with Gasteiger partial charge >= 0.3 is 0 Å². The monoisotopic (exact) mass is 240 g/mol. The van der Waals surface area contributed by atoms with Gasteiger partial charge in [0.05, 0.1) is 0 Å². The number of rotatable bonds is 3. The molecule has 0 aromatic heterocycles. The van der Waals surface area contributed by atoms with Gasteiger partial charge in [0, 0.05) is 39.3 Å². The number of carbonyl (C=O) groups excluding carboxylic acids is 1. The molecule has 0 aromatic carbocycles. The van der Waals surface area contributed by atoms with Crippen molar-refractivity contribution in [2.45, 2.75) is 32.8 Å². The topological polar surface area (TPSA) is 32.8 Å². The van der Waals surface area contributed by atoms with Gasteiger partial charge in [-0.2, -0.15) is 0 Å². The van der Waals surface area contributed by atoms with E-state index in [4.69, 9.17) is 4.74 Å². The summed E-state index contributed by atoms with van der Waals surface area (Å²) >= 11 is 0. The average molecular weight is 240 g/mol. The number of carbonyl (C=O) groups is 1. The molecule has 1 unspecified atom stereocenters. The quantitative estimate of drug-likeness (QED) is 0.737. The second-order valence-corrected chi connectivity index (χ2v) is 5.52. The minimum atomic E-state index is -0.147. The Hall–Kier alpha value is -0.610. The molecule has 4 nitrogen and oxygen atoms in total. The first-order valence-corrected chi connectivity index (χ1v) is 6.79. The molecule has 0 saturated carbocycles. The molecule has 0 aliphatic carbocycles. The number of hydrogen-bond acceptors (Lipinski definition) is 3. The zero-order valence-electron chi connectivity index (χ0n) is 11.0. The highest BCUT2D eigenvalue weighted by molar-refractivity contribution is 5.81. The van der Waals surface area contributed by atoms with E-state index in [0.29, 0.717) is 5.92 Å². The van der Waals surface area contributed by atoms with E-state index in [2.05, 4.69) is 18.7 Å². The lowest BCUT2D eigenvalue weighted by Crippen LogP contribution is -2.51. The lowest BCUT2D eigenvalue weighted by Gasteiger charge is -2.36. The highest BCUT2D eigenvalue weighted by atomic mass is 16.5. The standard InChI is InChI=1S/C13H24N2O2/c1-11(2)10-14-5-7-15(8-6-14)13(16)12-4-3-9-17-12/h11-12H,3-10H2,1-2H3. The van der Waals surface area contributed by atoms with Crippen LogP contribution in [0.4, 0.5) is 0 Å². The number of amides is 1. The van der Waals surface area contributed by atoms with E-state index in [1.165, 1.54) is 0 Å². The van der Waals surface area contributed by atoms with Gasteiger partial charge in [0.25, 0.3) is 5.91 Å². The van der Waals surface area contributed by atoms with Crippen molar-refractivity contribution in [2.75, 3.05) is 39.3 Å². The van der Waals surface area contributed by atoms with Crippen LogP contribution in [0.5, 0.6) is 0 Å². The summed E-state index contributed by atoms with van der Waals surface area (Å²) in [6.45, 7) is 10.1. The summed E-state index contributed by atoms with van der Waals surface area (Å²) < 4.78 is 5.45. The van der Waals surface area contributed by atoms with Gasteiger partial charge in [-0.3, -0.25) is 9.69 Å². The smallest absolute Gasteiger partial charge is 0.251 e. The van der Waals surface area contributed by atoms with Crippen LogP contribution < -0.4 is 0 Å². The number of nitrogens with zero attached hydrogens (tertiary/aromatic N) is 2. The molecule has 2 fully saturated rings. The Morgan fingerprint density at radius 1 is 1.29 bits per heavy atom. The lowest BCUT2D eigenvalue weighted by molar-refractivity contribution is -0.142. The average Bonchev–Trinajstić information content (AvgIpc) is 2.82. The van der Waals surface area contributed by atoms with Crippen LogP contribution in [0.2, 0.25) is 0 Å². The Morgan fingerprint density at radius 2 is 2.00 bits per heavy atom. The maximum absolute atomic E-state index is 12.1. The van der Waals surface area contributed by atoms with Gasteiger partial charge in [-0.1, -0.05) is 13.8 Å². The second-order valence-electron chi connectivity index (χ2n) is 5.52. The van der Waals surface area contributed by atoms with Gasteiger partial charge in [0.15, 0.2) is 0 Å². The summed E-state index contributed by atoms with van der Waals surface area (Å²) in [5.41, 5.74) is 0. The zero-order valence-corrected chi connectivity index (χ0v) is 11.0. The molecule has 2 saturated heterocycles. The molecule has 0 N–H and O–H groups in total. The zero-order chi connectivity index (χ0) is 12.3. The van der Waals surface area contributed by atoms with Gasteiger partial charge in [-0.05, 0) is 18.8 Å². The van der Waals surface area contributed by atoms with Gasteiger partial charge in [-0.25, -0.2) is 0 Å². The Balaban J connectivity index is 1.76. The summed E-state index contributed by atoms with van der Waals surface area (Å²) in [5.74, 6) is 0.919. The van der Waals surface area contributed by atoms with Crippen LogP contribution in [0.25, 0.3) is 0 Å². The van der Waals surface area contributed by atoms with Crippen molar-refractivity contribution in [1.82, 2.24) is 9.80 Å². The van der Waals surface area contributed by atoms with Gasteiger partial charge in [-0.15, -0.1) is 0 Å². The molecule has 2 aliphatic heterocycles. The van der Waals surface area contributed by atoms with E-state index >= 15 is 0 Å². The number of ether oxygens (including phenoxy) is 1. The van der Waals surface area contributed by atoms with Crippen LogP contribution in [-0.2, 0) is 9.53 Å². The lowest BCUT2D eigenvalue weighted by atomic mass is 10.1. The van der Waals surface area contributed by atoms with Crippen molar-refractivity contribution in [1.29, 1.82) is 0 Å². The molecule has 17 heavy (non-hydrogen) atoms.